The maximum absolute atomic E-state index is 12.3. The van der Waals surface area contributed by atoms with Gasteiger partial charge in [-0.3, -0.25) is 4.90 Å². The van der Waals surface area contributed by atoms with Gasteiger partial charge in [0.15, 0.2) is 0 Å². The molecular formula is C19H27N5O. The number of carbonyl (C=O) groups excluding carboxylic acids is 1. The van der Waals surface area contributed by atoms with E-state index in [2.05, 4.69) is 33.6 Å². The first-order valence-electron chi connectivity index (χ1n) is 9.41. The second kappa shape index (κ2) is 7.04. The molecule has 0 bridgehead atoms. The highest BCUT2D eigenvalue weighted by Crippen LogP contribution is 2.29. The van der Waals surface area contributed by atoms with Crippen molar-refractivity contribution in [2.75, 3.05) is 13.6 Å². The van der Waals surface area contributed by atoms with E-state index in [1.165, 1.54) is 12.8 Å². The number of benzene rings is 1. The number of amides is 2. The summed E-state index contributed by atoms with van der Waals surface area (Å²) in [4.78, 5) is 22.8. The Balaban J connectivity index is 1.41. The highest BCUT2D eigenvalue weighted by atomic mass is 16.2. The smallest absolute Gasteiger partial charge is 0.315 e. The Bertz CT molecular complexity index is 703. The molecule has 0 unspecified atom stereocenters. The first-order chi connectivity index (χ1) is 12.2. The van der Waals surface area contributed by atoms with Gasteiger partial charge in [0.05, 0.1) is 17.1 Å². The summed E-state index contributed by atoms with van der Waals surface area (Å²) in [5, 5.41) is 6.31. The van der Waals surface area contributed by atoms with E-state index in [1.54, 1.807) is 0 Å². The average molecular weight is 341 g/mol. The van der Waals surface area contributed by atoms with Crippen molar-refractivity contribution >= 4 is 17.1 Å². The van der Waals surface area contributed by atoms with Gasteiger partial charge in [0.25, 0.3) is 0 Å². The molecule has 2 amide bonds. The molecule has 2 heterocycles. The lowest BCUT2D eigenvalue weighted by atomic mass is 9.97. The number of hydrogen-bond donors (Lipinski definition) is 3. The first kappa shape index (κ1) is 16.4. The molecule has 25 heavy (non-hydrogen) atoms. The number of aromatic nitrogens is 2. The Morgan fingerprint density at radius 1 is 1.16 bits per heavy atom. The molecule has 6 heteroatoms. The number of piperidine rings is 1. The first-order valence-corrected chi connectivity index (χ1v) is 9.41. The molecule has 1 aromatic carbocycles. The number of hydrogen-bond acceptors (Lipinski definition) is 3. The average Bonchev–Trinajstić information content (AvgIpc) is 3.25. The minimum absolute atomic E-state index is 0.00944. The number of imidazole rings is 1. The molecule has 1 aromatic heterocycles. The van der Waals surface area contributed by atoms with Gasteiger partial charge in [-0.25, -0.2) is 9.78 Å². The summed E-state index contributed by atoms with van der Waals surface area (Å²) in [6.07, 6.45) is 6.55. The van der Waals surface area contributed by atoms with Crippen LogP contribution in [0.15, 0.2) is 24.3 Å². The van der Waals surface area contributed by atoms with Crippen LogP contribution in [-0.2, 0) is 0 Å². The number of H-pyrrole nitrogens is 1. The molecule has 1 saturated carbocycles. The van der Waals surface area contributed by atoms with Gasteiger partial charge in [0, 0.05) is 18.6 Å². The van der Waals surface area contributed by atoms with E-state index in [0.29, 0.717) is 6.04 Å². The summed E-state index contributed by atoms with van der Waals surface area (Å²) in [6.45, 7) is 0.954. The molecule has 3 N–H and O–H groups in total. The Labute approximate surface area is 148 Å². The van der Waals surface area contributed by atoms with Crippen molar-refractivity contribution in [3.05, 3.63) is 30.1 Å². The predicted octanol–water partition coefficient (Wildman–Crippen LogP) is 2.94. The Morgan fingerprint density at radius 3 is 2.72 bits per heavy atom. The second-order valence-electron chi connectivity index (χ2n) is 7.46. The number of para-hydroxylation sites is 2. The predicted molar refractivity (Wildman–Crippen MR) is 98.4 cm³/mol. The molecule has 1 saturated heterocycles. The molecule has 4 rings (SSSR count). The van der Waals surface area contributed by atoms with Crippen LogP contribution in [0.5, 0.6) is 0 Å². The largest absolute Gasteiger partial charge is 0.341 e. The third-order valence-electron chi connectivity index (χ3n) is 5.62. The summed E-state index contributed by atoms with van der Waals surface area (Å²) < 4.78 is 0. The number of nitrogens with one attached hydrogen (secondary N) is 3. The number of aromatic amines is 1. The number of urea groups is 1. The van der Waals surface area contributed by atoms with Crippen LogP contribution in [0.2, 0.25) is 0 Å². The van der Waals surface area contributed by atoms with E-state index in [0.717, 1.165) is 49.1 Å². The highest BCUT2D eigenvalue weighted by Gasteiger charge is 2.30. The van der Waals surface area contributed by atoms with Gasteiger partial charge in [0.1, 0.15) is 5.82 Å². The van der Waals surface area contributed by atoms with Gasteiger partial charge in [-0.15, -0.1) is 0 Å². The third kappa shape index (κ3) is 3.63. The molecule has 2 aromatic rings. The summed E-state index contributed by atoms with van der Waals surface area (Å²) in [6, 6.07) is 8.86. The third-order valence-corrected chi connectivity index (χ3v) is 5.62. The van der Waals surface area contributed by atoms with Gasteiger partial charge in [0.2, 0.25) is 0 Å². The maximum Gasteiger partial charge on any atom is 0.315 e. The zero-order valence-corrected chi connectivity index (χ0v) is 14.8. The molecule has 2 atom stereocenters. The number of fused-ring (bicyclic) bond motifs is 1. The van der Waals surface area contributed by atoms with Crippen LogP contribution in [-0.4, -0.2) is 46.6 Å². The summed E-state index contributed by atoms with van der Waals surface area (Å²) >= 11 is 0. The van der Waals surface area contributed by atoms with Crippen LogP contribution in [0.4, 0.5) is 4.79 Å². The molecule has 134 valence electrons. The fourth-order valence-corrected chi connectivity index (χ4v) is 4.15. The van der Waals surface area contributed by atoms with Crippen molar-refractivity contribution < 1.29 is 4.79 Å². The monoisotopic (exact) mass is 341 g/mol. The lowest BCUT2D eigenvalue weighted by Gasteiger charge is -2.36. The molecule has 1 aliphatic carbocycles. The zero-order valence-electron chi connectivity index (χ0n) is 14.8. The van der Waals surface area contributed by atoms with E-state index in [9.17, 15) is 4.79 Å². The van der Waals surface area contributed by atoms with Gasteiger partial charge >= 0.3 is 6.03 Å². The zero-order chi connectivity index (χ0) is 17.2. The molecule has 2 fully saturated rings. The van der Waals surface area contributed by atoms with Gasteiger partial charge in [-0.1, -0.05) is 25.0 Å². The number of carbonyl (C=O) groups is 1. The standard InChI is InChI=1S/C19H27N5O/c1-24-11-10-14(21-19(25)20-13-6-2-3-7-13)12-17(24)18-22-15-8-4-5-9-16(15)23-18/h4-5,8-9,13-14,17H,2-3,6-7,10-12H2,1H3,(H,22,23)(H2,20,21,25)/t14-,17-/m1/s1. The molecule has 0 radical (unpaired) electrons. The lowest BCUT2D eigenvalue weighted by molar-refractivity contribution is 0.151. The van der Waals surface area contributed by atoms with Crippen LogP contribution in [0, 0.1) is 0 Å². The Kier molecular flexibility index (Phi) is 4.61. The molecule has 2 aliphatic rings. The Hall–Kier alpha value is -2.08. The van der Waals surface area contributed by atoms with Gasteiger partial charge in [-0.2, -0.15) is 0 Å². The van der Waals surface area contributed by atoms with Crippen molar-refractivity contribution in [1.82, 2.24) is 25.5 Å². The normalized spacial score (nSPS) is 25.3. The van der Waals surface area contributed by atoms with Crippen molar-refractivity contribution in [2.24, 2.45) is 0 Å². The summed E-state index contributed by atoms with van der Waals surface area (Å²) in [5.41, 5.74) is 2.07. The van der Waals surface area contributed by atoms with Crippen molar-refractivity contribution in [2.45, 2.75) is 56.7 Å². The van der Waals surface area contributed by atoms with Crippen LogP contribution < -0.4 is 10.6 Å². The summed E-state index contributed by atoms with van der Waals surface area (Å²) in [5.74, 6) is 0.992. The van der Waals surface area contributed by atoms with Gasteiger partial charge in [-0.05, 0) is 44.9 Å². The minimum atomic E-state index is -0.00944. The minimum Gasteiger partial charge on any atom is -0.341 e. The van der Waals surface area contributed by atoms with Crippen LogP contribution >= 0.6 is 0 Å². The van der Waals surface area contributed by atoms with Crippen molar-refractivity contribution in [1.29, 1.82) is 0 Å². The Morgan fingerprint density at radius 2 is 1.92 bits per heavy atom. The fourth-order valence-electron chi connectivity index (χ4n) is 4.15. The van der Waals surface area contributed by atoms with E-state index >= 15 is 0 Å². The van der Waals surface area contributed by atoms with Crippen molar-refractivity contribution in [3.8, 4) is 0 Å². The maximum atomic E-state index is 12.3. The lowest BCUT2D eigenvalue weighted by Crippen LogP contribution is -2.49. The van der Waals surface area contributed by atoms with E-state index in [-0.39, 0.29) is 18.1 Å². The summed E-state index contributed by atoms with van der Waals surface area (Å²) in [7, 11) is 2.13. The van der Waals surface area contributed by atoms with E-state index < -0.39 is 0 Å². The fraction of sp³-hybridized carbons (Fsp3) is 0.579. The van der Waals surface area contributed by atoms with Crippen molar-refractivity contribution in [3.63, 3.8) is 0 Å². The van der Waals surface area contributed by atoms with Crippen LogP contribution in [0.3, 0.4) is 0 Å². The molecule has 0 spiro atoms. The molecular weight excluding hydrogens is 314 g/mol. The molecule has 6 nitrogen and oxygen atoms in total. The van der Waals surface area contributed by atoms with Gasteiger partial charge < -0.3 is 15.6 Å². The quantitative estimate of drug-likeness (QED) is 0.804. The van der Waals surface area contributed by atoms with Crippen LogP contribution in [0.25, 0.3) is 11.0 Å². The number of nitrogens with zero attached hydrogens (tertiary/aromatic N) is 2. The number of rotatable bonds is 3. The topological polar surface area (TPSA) is 73.1 Å². The number of likely N-dealkylation sites (tertiary alicyclic amines) is 1. The second-order valence-corrected chi connectivity index (χ2v) is 7.46. The highest BCUT2D eigenvalue weighted by molar-refractivity contribution is 5.75. The van der Waals surface area contributed by atoms with E-state index in [1.807, 2.05) is 18.2 Å². The molecule has 1 aliphatic heterocycles. The van der Waals surface area contributed by atoms with Crippen LogP contribution in [0.1, 0.15) is 50.4 Å². The SMILES string of the molecule is CN1CC[C@@H](NC(=O)NC2CCCC2)C[C@@H]1c1nc2ccccc2[nH]1. The van der Waals surface area contributed by atoms with E-state index in [4.69, 9.17) is 4.98 Å².